The number of hydrogen-bond donors (Lipinski definition) is 0. The Morgan fingerprint density at radius 1 is 1.59 bits per heavy atom. The van der Waals surface area contributed by atoms with E-state index in [9.17, 15) is 8.42 Å². The Balaban J connectivity index is 2.26. The number of hydrogen-bond acceptors (Lipinski definition) is 3. The van der Waals surface area contributed by atoms with Crippen LogP contribution in [0.25, 0.3) is 0 Å². The highest BCUT2D eigenvalue weighted by Gasteiger charge is 2.30. The van der Waals surface area contributed by atoms with E-state index in [4.69, 9.17) is 16.3 Å². The van der Waals surface area contributed by atoms with Gasteiger partial charge in [-0.2, -0.15) is 4.31 Å². The highest BCUT2D eigenvalue weighted by atomic mass is 79.9. The van der Waals surface area contributed by atoms with E-state index in [0.717, 1.165) is 0 Å². The summed E-state index contributed by atoms with van der Waals surface area (Å²) in [4.78, 5) is 0.189. The molecular formula is C10H11BrClNO3S. The molecule has 0 unspecified atom stereocenters. The van der Waals surface area contributed by atoms with E-state index in [0.29, 0.717) is 22.6 Å². The van der Waals surface area contributed by atoms with Gasteiger partial charge in [-0.3, -0.25) is 0 Å². The lowest BCUT2D eigenvalue weighted by molar-refractivity contribution is 0.359. The van der Waals surface area contributed by atoms with Crippen molar-refractivity contribution < 1.29 is 13.2 Å². The molecule has 0 amide bonds. The average molecular weight is 341 g/mol. The zero-order valence-electron chi connectivity index (χ0n) is 9.06. The van der Waals surface area contributed by atoms with Crippen molar-refractivity contribution in [3.05, 3.63) is 27.7 Å². The Hall–Kier alpha value is -0.140. The molecule has 0 bridgehead atoms. The van der Waals surface area contributed by atoms with Crippen LogP contribution in [-0.4, -0.2) is 39.0 Å². The van der Waals surface area contributed by atoms with Crippen molar-refractivity contribution in [2.75, 3.05) is 20.2 Å². The first kappa shape index (κ1) is 13.3. The molecule has 1 aromatic rings. The molecule has 0 saturated carbocycles. The zero-order valence-corrected chi connectivity index (χ0v) is 12.2. The molecule has 0 aliphatic carbocycles. The van der Waals surface area contributed by atoms with E-state index in [1.807, 2.05) is 0 Å². The molecule has 4 nitrogen and oxygen atoms in total. The fourth-order valence-electron chi connectivity index (χ4n) is 1.38. The predicted octanol–water partition coefficient (Wildman–Crippen LogP) is 2.12. The molecule has 1 aliphatic rings. The lowest BCUT2D eigenvalue weighted by Crippen LogP contribution is -2.30. The Labute approximate surface area is 114 Å². The number of rotatable bonds is 4. The molecule has 17 heavy (non-hydrogen) atoms. The smallest absolute Gasteiger partial charge is 0.242 e. The van der Waals surface area contributed by atoms with Gasteiger partial charge in [-0.05, 0) is 34.1 Å². The summed E-state index contributed by atoms with van der Waals surface area (Å²) in [6.07, 6.45) is 0.0284. The highest BCUT2D eigenvalue weighted by molar-refractivity contribution is 9.10. The van der Waals surface area contributed by atoms with Crippen molar-refractivity contribution in [1.29, 1.82) is 0 Å². The number of benzene rings is 1. The van der Waals surface area contributed by atoms with Gasteiger partial charge in [0, 0.05) is 18.1 Å². The molecule has 1 aromatic carbocycles. The maximum atomic E-state index is 12.2. The van der Waals surface area contributed by atoms with Crippen LogP contribution < -0.4 is 0 Å². The van der Waals surface area contributed by atoms with Crippen LogP contribution in [0, 0.1) is 0 Å². The van der Waals surface area contributed by atoms with Gasteiger partial charge < -0.3 is 4.74 Å². The number of epoxide rings is 1. The molecule has 1 fully saturated rings. The second kappa shape index (κ2) is 4.85. The third kappa shape index (κ3) is 3.00. The molecule has 0 spiro atoms. The van der Waals surface area contributed by atoms with E-state index >= 15 is 0 Å². The van der Waals surface area contributed by atoms with Crippen molar-refractivity contribution in [2.24, 2.45) is 0 Å². The van der Waals surface area contributed by atoms with Crippen LogP contribution >= 0.6 is 27.5 Å². The molecule has 94 valence electrons. The van der Waals surface area contributed by atoms with E-state index < -0.39 is 10.0 Å². The summed E-state index contributed by atoms with van der Waals surface area (Å²) in [5.74, 6) is 0. The largest absolute Gasteiger partial charge is 0.372 e. The van der Waals surface area contributed by atoms with Crippen molar-refractivity contribution in [3.63, 3.8) is 0 Å². The minimum absolute atomic E-state index is 0.0284. The number of sulfonamides is 1. The summed E-state index contributed by atoms with van der Waals surface area (Å²) in [7, 11) is -1.95. The van der Waals surface area contributed by atoms with Gasteiger partial charge in [-0.15, -0.1) is 0 Å². The quantitative estimate of drug-likeness (QED) is 0.789. The third-order valence-corrected chi connectivity index (χ3v) is 5.51. The van der Waals surface area contributed by atoms with Crippen molar-refractivity contribution in [1.82, 2.24) is 4.31 Å². The van der Waals surface area contributed by atoms with Gasteiger partial charge in [0.1, 0.15) is 0 Å². The van der Waals surface area contributed by atoms with E-state index in [1.54, 1.807) is 6.07 Å². The lowest BCUT2D eigenvalue weighted by atomic mass is 10.4. The number of likely N-dealkylation sites (N-methyl/N-ethyl adjacent to an activating group) is 1. The number of ether oxygens (including phenoxy) is 1. The molecule has 0 radical (unpaired) electrons. The van der Waals surface area contributed by atoms with Gasteiger partial charge in [0.15, 0.2) is 0 Å². The van der Waals surface area contributed by atoms with Gasteiger partial charge in [-0.1, -0.05) is 11.6 Å². The van der Waals surface area contributed by atoms with Crippen LogP contribution in [-0.2, 0) is 14.8 Å². The Morgan fingerprint density at radius 3 is 2.76 bits per heavy atom. The van der Waals surface area contributed by atoms with E-state index in [-0.39, 0.29) is 11.0 Å². The average Bonchev–Trinajstić information content (AvgIpc) is 3.05. The monoisotopic (exact) mass is 339 g/mol. The van der Waals surface area contributed by atoms with Crippen LogP contribution in [0.4, 0.5) is 0 Å². The minimum Gasteiger partial charge on any atom is -0.372 e. The summed E-state index contributed by atoms with van der Waals surface area (Å²) in [5.41, 5.74) is 0. The lowest BCUT2D eigenvalue weighted by Gasteiger charge is -2.16. The normalized spacial score (nSPS) is 19.6. The molecule has 1 heterocycles. The molecule has 0 aromatic heterocycles. The molecular weight excluding hydrogens is 330 g/mol. The van der Waals surface area contributed by atoms with Gasteiger partial charge >= 0.3 is 0 Å². The first-order chi connectivity index (χ1) is 7.91. The molecule has 1 aliphatic heterocycles. The predicted molar refractivity (Wildman–Crippen MR) is 68.7 cm³/mol. The zero-order chi connectivity index (χ0) is 12.6. The third-order valence-electron chi connectivity index (χ3n) is 2.46. The molecule has 1 saturated heterocycles. The van der Waals surface area contributed by atoms with Crippen LogP contribution in [0.2, 0.25) is 5.02 Å². The Kier molecular flexibility index (Phi) is 3.80. The SMILES string of the molecule is CN(C[C@H]1CO1)S(=O)(=O)c1ccc(Br)c(Cl)c1. The summed E-state index contributed by atoms with van der Waals surface area (Å²) in [5, 5.41) is 0.377. The van der Waals surface area contributed by atoms with Gasteiger partial charge in [0.25, 0.3) is 0 Å². The first-order valence-corrected chi connectivity index (χ1v) is 7.55. The van der Waals surface area contributed by atoms with Crippen LogP contribution in [0.1, 0.15) is 0 Å². The summed E-state index contributed by atoms with van der Waals surface area (Å²) >= 11 is 9.11. The fraction of sp³-hybridized carbons (Fsp3) is 0.400. The Morgan fingerprint density at radius 2 is 2.24 bits per heavy atom. The number of nitrogens with zero attached hydrogens (tertiary/aromatic N) is 1. The van der Waals surface area contributed by atoms with Crippen LogP contribution in [0.5, 0.6) is 0 Å². The van der Waals surface area contributed by atoms with Crippen molar-refractivity contribution >= 4 is 37.6 Å². The van der Waals surface area contributed by atoms with E-state index in [2.05, 4.69) is 15.9 Å². The van der Waals surface area contributed by atoms with E-state index in [1.165, 1.54) is 23.5 Å². The summed E-state index contributed by atoms with van der Waals surface area (Å²) < 4.78 is 31.3. The topological polar surface area (TPSA) is 49.9 Å². The van der Waals surface area contributed by atoms with Crippen LogP contribution in [0.3, 0.4) is 0 Å². The second-order valence-corrected chi connectivity index (χ2v) is 7.12. The van der Waals surface area contributed by atoms with Gasteiger partial charge in [0.05, 0.1) is 22.6 Å². The van der Waals surface area contributed by atoms with Gasteiger partial charge in [-0.25, -0.2) is 8.42 Å². The summed E-state index contributed by atoms with van der Waals surface area (Å²) in [6.45, 7) is 0.997. The second-order valence-electron chi connectivity index (χ2n) is 3.82. The minimum atomic E-state index is -3.49. The molecule has 7 heteroatoms. The molecule has 1 atom stereocenters. The highest BCUT2D eigenvalue weighted by Crippen LogP contribution is 2.27. The maximum Gasteiger partial charge on any atom is 0.242 e. The molecule has 0 N–H and O–H groups in total. The molecule has 2 rings (SSSR count). The number of halogens is 2. The van der Waals surface area contributed by atoms with Crippen molar-refractivity contribution in [3.8, 4) is 0 Å². The summed E-state index contributed by atoms with van der Waals surface area (Å²) in [6, 6.07) is 4.58. The van der Waals surface area contributed by atoms with Gasteiger partial charge in [0.2, 0.25) is 10.0 Å². The maximum absolute atomic E-state index is 12.2. The van der Waals surface area contributed by atoms with Crippen molar-refractivity contribution in [2.45, 2.75) is 11.0 Å². The van der Waals surface area contributed by atoms with Crippen LogP contribution in [0.15, 0.2) is 27.6 Å². The Bertz CT molecular complexity index is 530. The first-order valence-electron chi connectivity index (χ1n) is 4.94. The standard InChI is InChI=1S/C10H11BrClNO3S/c1-13(5-7-6-16-7)17(14,15)8-2-3-9(11)10(12)4-8/h2-4,7H,5-6H2,1H3/t7-/m0/s1. The fourth-order valence-corrected chi connectivity index (χ4v) is 3.10.